The van der Waals surface area contributed by atoms with Gasteiger partial charge in [-0.25, -0.2) is 15.0 Å². The van der Waals surface area contributed by atoms with Gasteiger partial charge in [-0.1, -0.05) is 12.2 Å². The summed E-state index contributed by atoms with van der Waals surface area (Å²) >= 11 is 0. The first-order valence-electron chi connectivity index (χ1n) is 9.58. The monoisotopic (exact) mass is 370 g/mol. The predicted octanol–water partition coefficient (Wildman–Crippen LogP) is 3.54. The van der Waals surface area contributed by atoms with Crippen LogP contribution >= 0.6 is 0 Å². The number of fused-ring (bicyclic) bond motifs is 4. The summed E-state index contributed by atoms with van der Waals surface area (Å²) < 4.78 is 2.19. The molecule has 0 amide bonds. The van der Waals surface area contributed by atoms with E-state index in [1.165, 1.54) is 16.9 Å². The summed E-state index contributed by atoms with van der Waals surface area (Å²) in [4.78, 5) is 20.9. The molecular weight excluding hydrogens is 348 g/mol. The number of pyridine rings is 2. The Morgan fingerprint density at radius 2 is 1.96 bits per heavy atom. The van der Waals surface area contributed by atoms with Crippen molar-refractivity contribution in [3.8, 4) is 0 Å². The largest absolute Gasteiger partial charge is 0.370 e. The van der Waals surface area contributed by atoms with Gasteiger partial charge in [-0.05, 0) is 38.5 Å². The third kappa shape index (κ3) is 2.64. The Kier molecular flexibility index (Phi) is 3.86. The van der Waals surface area contributed by atoms with Crippen LogP contribution in [0.5, 0.6) is 0 Å². The summed E-state index contributed by atoms with van der Waals surface area (Å²) in [6, 6.07) is 6.08. The van der Waals surface area contributed by atoms with E-state index in [1.807, 2.05) is 19.1 Å². The van der Waals surface area contributed by atoms with Gasteiger partial charge < -0.3 is 9.30 Å². The normalized spacial score (nSPS) is 13.5. The third-order valence-corrected chi connectivity index (χ3v) is 5.48. The van der Waals surface area contributed by atoms with Crippen LogP contribution in [0.25, 0.3) is 22.8 Å². The molecule has 0 spiro atoms. The number of aryl methyl sites for hydroxylation is 4. The number of hydrogen-bond donors (Lipinski definition) is 0. The molecule has 0 unspecified atom stereocenters. The van der Waals surface area contributed by atoms with Crippen LogP contribution in [0.3, 0.4) is 0 Å². The molecule has 1 aliphatic heterocycles. The average Bonchev–Trinajstić information content (AvgIpc) is 3.03. The zero-order chi connectivity index (χ0) is 19.3. The first-order chi connectivity index (χ1) is 13.6. The van der Waals surface area contributed by atoms with Gasteiger partial charge >= 0.3 is 0 Å². The fraction of sp³-hybridized carbons (Fsp3) is 0.273. The molecule has 4 aromatic heterocycles. The van der Waals surface area contributed by atoms with Crippen LogP contribution in [0.1, 0.15) is 28.5 Å². The van der Waals surface area contributed by atoms with Crippen LogP contribution in [0.15, 0.2) is 36.7 Å². The van der Waals surface area contributed by atoms with E-state index in [2.05, 4.69) is 62.6 Å². The quantitative estimate of drug-likeness (QED) is 0.552. The average molecular weight is 370 g/mol. The van der Waals surface area contributed by atoms with Crippen molar-refractivity contribution in [2.75, 3.05) is 18.5 Å². The maximum absolute atomic E-state index is 4.98. The van der Waals surface area contributed by atoms with E-state index in [4.69, 9.17) is 4.98 Å². The lowest BCUT2D eigenvalue weighted by atomic mass is 10.1. The minimum atomic E-state index is 0.758. The Morgan fingerprint density at radius 3 is 2.86 bits per heavy atom. The number of aromatic nitrogens is 5. The number of rotatable bonds is 3. The van der Waals surface area contributed by atoms with E-state index >= 15 is 0 Å². The molecule has 0 aliphatic carbocycles. The fourth-order valence-electron chi connectivity index (χ4n) is 3.96. The highest BCUT2D eigenvalue weighted by molar-refractivity contribution is 5.81. The van der Waals surface area contributed by atoms with Crippen LogP contribution < -0.4 is 4.90 Å². The first-order valence-corrected chi connectivity index (χ1v) is 9.58. The van der Waals surface area contributed by atoms with Gasteiger partial charge in [0, 0.05) is 49.4 Å². The number of anilines is 1. The van der Waals surface area contributed by atoms with Gasteiger partial charge in [-0.15, -0.1) is 0 Å². The molecule has 1 aliphatic rings. The summed E-state index contributed by atoms with van der Waals surface area (Å²) in [6.07, 6.45) is 9.85. The Labute approximate surface area is 163 Å². The Bertz CT molecular complexity index is 1240. The van der Waals surface area contributed by atoms with Gasteiger partial charge in [0.05, 0.1) is 16.9 Å². The molecule has 28 heavy (non-hydrogen) atoms. The summed E-state index contributed by atoms with van der Waals surface area (Å²) in [6.45, 7) is 5.06. The molecule has 6 nitrogen and oxygen atoms in total. The number of nitrogens with zero attached hydrogens (tertiary/aromatic N) is 6. The van der Waals surface area contributed by atoms with Gasteiger partial charge in [-0.2, -0.15) is 0 Å². The van der Waals surface area contributed by atoms with Crippen molar-refractivity contribution in [2.45, 2.75) is 26.7 Å². The van der Waals surface area contributed by atoms with E-state index in [0.29, 0.717) is 0 Å². The summed E-state index contributed by atoms with van der Waals surface area (Å²) in [5.41, 5.74) is 8.42. The smallest absolute Gasteiger partial charge is 0.146 e. The predicted molar refractivity (Wildman–Crippen MR) is 112 cm³/mol. The molecule has 0 atom stereocenters. The van der Waals surface area contributed by atoms with Gasteiger partial charge in [0.1, 0.15) is 17.0 Å². The molecule has 0 N–H and O–H groups in total. The molecule has 0 radical (unpaired) electrons. The van der Waals surface area contributed by atoms with Crippen molar-refractivity contribution in [1.29, 1.82) is 0 Å². The lowest BCUT2D eigenvalue weighted by Gasteiger charge is -2.23. The second-order valence-electron chi connectivity index (χ2n) is 7.33. The molecule has 0 fully saturated rings. The molecule has 0 saturated carbocycles. The molecule has 0 saturated heterocycles. The fourth-order valence-corrected chi connectivity index (χ4v) is 3.96. The highest BCUT2D eigenvalue weighted by atomic mass is 15.1. The third-order valence-electron chi connectivity index (χ3n) is 5.48. The summed E-state index contributed by atoms with van der Waals surface area (Å²) in [5, 5.41) is 0. The van der Waals surface area contributed by atoms with Crippen LogP contribution in [0, 0.1) is 13.8 Å². The molecule has 0 bridgehead atoms. The van der Waals surface area contributed by atoms with Crippen LogP contribution in [-0.2, 0) is 12.8 Å². The number of likely N-dealkylation sites (N-methyl/N-ethyl adjacent to an activating group) is 1. The zero-order valence-electron chi connectivity index (χ0n) is 16.3. The van der Waals surface area contributed by atoms with Crippen molar-refractivity contribution in [3.63, 3.8) is 0 Å². The number of imidazole rings is 1. The first kappa shape index (κ1) is 16.9. The van der Waals surface area contributed by atoms with Gasteiger partial charge in [0.2, 0.25) is 0 Å². The van der Waals surface area contributed by atoms with Gasteiger partial charge in [0.25, 0.3) is 0 Å². The second-order valence-corrected chi connectivity index (χ2v) is 7.33. The lowest BCUT2D eigenvalue weighted by molar-refractivity contribution is 0.835. The van der Waals surface area contributed by atoms with E-state index in [0.717, 1.165) is 53.3 Å². The standard InChI is InChI=1S/C22H22N6/c1-14-21-18(7-4-11-23-21)25-20(24-14)9-8-17-15(2)28-13-10-19-16(22(28)26-17)6-5-12-27(19)3/h4-7,10-11,13H,8-9,12H2,1-3H3. The Morgan fingerprint density at radius 1 is 1.07 bits per heavy atom. The van der Waals surface area contributed by atoms with Crippen molar-refractivity contribution in [3.05, 3.63) is 65.1 Å². The van der Waals surface area contributed by atoms with E-state index in [-0.39, 0.29) is 0 Å². The van der Waals surface area contributed by atoms with Crippen molar-refractivity contribution in [2.24, 2.45) is 0 Å². The molecule has 5 heterocycles. The molecule has 5 rings (SSSR count). The lowest BCUT2D eigenvalue weighted by Crippen LogP contribution is -2.20. The minimum absolute atomic E-state index is 0.758. The topological polar surface area (TPSA) is 59.2 Å². The SMILES string of the molecule is Cc1nc(CCc2nc3c4c(ccn3c2C)N(C)CC=C4)nc2cccnc12. The van der Waals surface area contributed by atoms with Crippen LogP contribution in [0.4, 0.5) is 5.69 Å². The minimum Gasteiger partial charge on any atom is -0.370 e. The summed E-state index contributed by atoms with van der Waals surface area (Å²) in [7, 11) is 2.11. The molecule has 6 heteroatoms. The maximum atomic E-state index is 4.98. The second kappa shape index (κ2) is 6.41. The maximum Gasteiger partial charge on any atom is 0.146 e. The Balaban J connectivity index is 1.49. The van der Waals surface area contributed by atoms with Crippen LogP contribution in [-0.4, -0.2) is 37.9 Å². The van der Waals surface area contributed by atoms with Crippen molar-refractivity contribution >= 4 is 28.4 Å². The number of hydrogen-bond acceptors (Lipinski definition) is 5. The van der Waals surface area contributed by atoms with E-state index in [9.17, 15) is 0 Å². The van der Waals surface area contributed by atoms with E-state index < -0.39 is 0 Å². The molecular formula is C22H22N6. The van der Waals surface area contributed by atoms with Gasteiger partial charge in [0.15, 0.2) is 0 Å². The highest BCUT2D eigenvalue weighted by Gasteiger charge is 2.17. The highest BCUT2D eigenvalue weighted by Crippen LogP contribution is 2.29. The zero-order valence-corrected chi connectivity index (χ0v) is 16.3. The van der Waals surface area contributed by atoms with Gasteiger partial charge in [-0.3, -0.25) is 4.98 Å². The molecule has 0 aromatic carbocycles. The van der Waals surface area contributed by atoms with E-state index in [1.54, 1.807) is 6.20 Å². The molecule has 4 aromatic rings. The Hall–Kier alpha value is -3.28. The summed E-state index contributed by atoms with van der Waals surface area (Å²) in [5.74, 6) is 0.844. The van der Waals surface area contributed by atoms with Crippen LogP contribution in [0.2, 0.25) is 0 Å². The van der Waals surface area contributed by atoms with Crippen molar-refractivity contribution < 1.29 is 0 Å². The van der Waals surface area contributed by atoms with Crippen molar-refractivity contribution in [1.82, 2.24) is 24.3 Å². The molecule has 140 valence electrons.